The summed E-state index contributed by atoms with van der Waals surface area (Å²) in [7, 11) is 3.03. The van der Waals surface area contributed by atoms with Gasteiger partial charge in [0.05, 0.1) is 19.8 Å². The van der Waals surface area contributed by atoms with E-state index >= 15 is 0 Å². The van der Waals surface area contributed by atoms with Crippen molar-refractivity contribution in [1.82, 2.24) is 0 Å². The van der Waals surface area contributed by atoms with Crippen LogP contribution in [-0.2, 0) is 4.79 Å². The number of benzene rings is 1. The molecule has 1 N–H and O–H groups in total. The van der Waals surface area contributed by atoms with Gasteiger partial charge in [0.15, 0.2) is 5.78 Å². The van der Waals surface area contributed by atoms with Gasteiger partial charge in [0.2, 0.25) is 0 Å². The number of carbonyl (C=O) groups is 1. The van der Waals surface area contributed by atoms with E-state index in [2.05, 4.69) is 0 Å². The minimum absolute atomic E-state index is 0.119. The van der Waals surface area contributed by atoms with Crippen LogP contribution in [0, 0.1) is 0 Å². The lowest BCUT2D eigenvalue weighted by Gasteiger charge is -2.09. The van der Waals surface area contributed by atoms with Crippen molar-refractivity contribution < 1.29 is 19.4 Å². The Kier molecular flexibility index (Phi) is 3.94. The summed E-state index contributed by atoms with van der Waals surface area (Å²) in [5, 5.41) is 9.69. The molecule has 0 bridgehead atoms. The fraction of sp³-hybridized carbons (Fsp3) is 0.250. The minimum atomic E-state index is -0.227. The van der Waals surface area contributed by atoms with E-state index in [1.165, 1.54) is 14.0 Å². The SMILES string of the molecule is COc1ccc(C(O)=CC(C)=O)c(OC)c1. The van der Waals surface area contributed by atoms with E-state index in [4.69, 9.17) is 9.47 Å². The predicted molar refractivity (Wildman–Crippen MR) is 60.8 cm³/mol. The number of hydrogen-bond donors (Lipinski definition) is 1. The molecule has 0 atom stereocenters. The quantitative estimate of drug-likeness (QED) is 0.626. The predicted octanol–water partition coefficient (Wildman–Crippen LogP) is 2.19. The molecule has 0 spiro atoms. The number of ether oxygens (including phenoxy) is 2. The maximum Gasteiger partial charge on any atom is 0.156 e. The van der Waals surface area contributed by atoms with Gasteiger partial charge in [-0.3, -0.25) is 4.79 Å². The van der Waals surface area contributed by atoms with Gasteiger partial charge in [-0.15, -0.1) is 0 Å². The molecule has 0 heterocycles. The number of rotatable bonds is 4. The normalized spacial score (nSPS) is 11.1. The van der Waals surface area contributed by atoms with Crippen molar-refractivity contribution >= 4 is 11.5 Å². The zero-order chi connectivity index (χ0) is 12.1. The molecule has 0 aliphatic rings. The fourth-order valence-corrected chi connectivity index (χ4v) is 1.28. The van der Waals surface area contributed by atoms with Crippen LogP contribution in [-0.4, -0.2) is 25.1 Å². The van der Waals surface area contributed by atoms with Gasteiger partial charge in [-0.1, -0.05) is 0 Å². The molecule has 1 rings (SSSR count). The number of allylic oxidation sites excluding steroid dienone is 1. The van der Waals surface area contributed by atoms with Crippen LogP contribution in [0.5, 0.6) is 11.5 Å². The van der Waals surface area contributed by atoms with Crippen LogP contribution in [0.2, 0.25) is 0 Å². The molecule has 1 aromatic rings. The van der Waals surface area contributed by atoms with Gasteiger partial charge in [-0.25, -0.2) is 0 Å². The molecule has 16 heavy (non-hydrogen) atoms. The summed E-state index contributed by atoms with van der Waals surface area (Å²) in [6.45, 7) is 1.37. The second kappa shape index (κ2) is 5.21. The summed E-state index contributed by atoms with van der Waals surface area (Å²) < 4.78 is 10.1. The van der Waals surface area contributed by atoms with Crippen molar-refractivity contribution in [3.05, 3.63) is 29.8 Å². The molecule has 1 aromatic carbocycles. The summed E-state index contributed by atoms with van der Waals surface area (Å²) >= 11 is 0. The molecule has 0 radical (unpaired) electrons. The minimum Gasteiger partial charge on any atom is -0.507 e. The molecular weight excluding hydrogens is 208 g/mol. The van der Waals surface area contributed by atoms with Crippen molar-refractivity contribution in [1.29, 1.82) is 0 Å². The van der Waals surface area contributed by atoms with E-state index in [0.29, 0.717) is 17.1 Å². The number of aliphatic hydroxyl groups excluding tert-OH is 1. The molecule has 0 saturated carbocycles. The fourth-order valence-electron chi connectivity index (χ4n) is 1.28. The first kappa shape index (κ1) is 12.1. The monoisotopic (exact) mass is 222 g/mol. The van der Waals surface area contributed by atoms with Gasteiger partial charge < -0.3 is 14.6 Å². The van der Waals surface area contributed by atoms with Crippen molar-refractivity contribution in [2.45, 2.75) is 6.92 Å². The number of carbonyl (C=O) groups excluding carboxylic acids is 1. The van der Waals surface area contributed by atoms with Crippen molar-refractivity contribution in [3.63, 3.8) is 0 Å². The smallest absolute Gasteiger partial charge is 0.156 e. The van der Waals surface area contributed by atoms with Crippen LogP contribution in [0.4, 0.5) is 0 Å². The number of methoxy groups -OCH3 is 2. The van der Waals surface area contributed by atoms with Gasteiger partial charge >= 0.3 is 0 Å². The van der Waals surface area contributed by atoms with E-state index in [1.54, 1.807) is 25.3 Å². The third kappa shape index (κ3) is 2.76. The largest absolute Gasteiger partial charge is 0.507 e. The summed E-state index contributed by atoms with van der Waals surface area (Å²) in [4.78, 5) is 10.8. The molecule has 0 aliphatic heterocycles. The third-order valence-electron chi connectivity index (χ3n) is 2.02. The van der Waals surface area contributed by atoms with E-state index < -0.39 is 0 Å². The Morgan fingerprint density at radius 2 is 2.00 bits per heavy atom. The Hall–Kier alpha value is -1.97. The summed E-state index contributed by atoms with van der Waals surface area (Å²) in [5.41, 5.74) is 0.457. The van der Waals surface area contributed by atoms with Crippen LogP contribution in [0.1, 0.15) is 12.5 Å². The molecule has 0 saturated heterocycles. The molecule has 4 nitrogen and oxygen atoms in total. The second-order valence-corrected chi connectivity index (χ2v) is 3.21. The van der Waals surface area contributed by atoms with Crippen LogP contribution in [0.15, 0.2) is 24.3 Å². The van der Waals surface area contributed by atoms with Crippen LogP contribution in [0.3, 0.4) is 0 Å². The lowest BCUT2D eigenvalue weighted by Crippen LogP contribution is -1.94. The maximum atomic E-state index is 10.8. The molecule has 4 heteroatoms. The highest BCUT2D eigenvalue weighted by Crippen LogP contribution is 2.28. The topological polar surface area (TPSA) is 55.8 Å². The van der Waals surface area contributed by atoms with E-state index in [-0.39, 0.29) is 11.5 Å². The summed E-state index contributed by atoms with van der Waals surface area (Å²) in [6.07, 6.45) is 1.14. The molecule has 0 aliphatic carbocycles. The molecule has 0 amide bonds. The van der Waals surface area contributed by atoms with Gasteiger partial charge in [0, 0.05) is 12.1 Å². The number of hydrogen-bond acceptors (Lipinski definition) is 4. The van der Waals surface area contributed by atoms with Crippen molar-refractivity contribution in [2.75, 3.05) is 14.2 Å². The molecule has 86 valence electrons. The highest BCUT2D eigenvalue weighted by Gasteiger charge is 2.09. The molecule has 0 unspecified atom stereocenters. The van der Waals surface area contributed by atoms with Crippen LogP contribution in [0.25, 0.3) is 5.76 Å². The zero-order valence-electron chi connectivity index (χ0n) is 9.48. The molecule has 0 aromatic heterocycles. The maximum absolute atomic E-state index is 10.8. The van der Waals surface area contributed by atoms with E-state index in [1.807, 2.05) is 0 Å². The van der Waals surface area contributed by atoms with Gasteiger partial charge in [-0.2, -0.15) is 0 Å². The lowest BCUT2D eigenvalue weighted by atomic mass is 10.1. The van der Waals surface area contributed by atoms with Gasteiger partial charge in [0.25, 0.3) is 0 Å². The average molecular weight is 222 g/mol. The van der Waals surface area contributed by atoms with Gasteiger partial charge in [0.1, 0.15) is 17.3 Å². The first-order valence-corrected chi connectivity index (χ1v) is 4.72. The first-order valence-electron chi connectivity index (χ1n) is 4.72. The van der Waals surface area contributed by atoms with Crippen molar-refractivity contribution in [2.24, 2.45) is 0 Å². The Morgan fingerprint density at radius 1 is 1.31 bits per heavy atom. The summed E-state index contributed by atoms with van der Waals surface area (Å²) in [5.74, 6) is 0.730. The lowest BCUT2D eigenvalue weighted by molar-refractivity contribution is -0.112. The van der Waals surface area contributed by atoms with E-state index in [9.17, 15) is 9.90 Å². The Bertz CT molecular complexity index is 421. The zero-order valence-corrected chi connectivity index (χ0v) is 9.48. The van der Waals surface area contributed by atoms with E-state index in [0.717, 1.165) is 6.08 Å². The Labute approximate surface area is 94.1 Å². The van der Waals surface area contributed by atoms with Crippen LogP contribution < -0.4 is 9.47 Å². The second-order valence-electron chi connectivity index (χ2n) is 3.21. The average Bonchev–Trinajstić information content (AvgIpc) is 2.27. The van der Waals surface area contributed by atoms with Crippen LogP contribution >= 0.6 is 0 Å². The highest BCUT2D eigenvalue weighted by atomic mass is 16.5. The number of aliphatic hydroxyl groups is 1. The number of ketones is 1. The standard InChI is InChI=1S/C12H14O4/c1-8(13)6-11(14)10-5-4-9(15-2)7-12(10)16-3/h4-7,14H,1-3H3. The highest BCUT2D eigenvalue weighted by molar-refractivity contribution is 5.94. The van der Waals surface area contributed by atoms with Crippen molar-refractivity contribution in [3.8, 4) is 11.5 Å². The first-order chi connectivity index (χ1) is 7.58. The molecular formula is C12H14O4. The Balaban J connectivity index is 3.18. The molecule has 0 fully saturated rings. The summed E-state index contributed by atoms with van der Waals surface area (Å²) in [6, 6.07) is 4.95. The Morgan fingerprint density at radius 3 is 2.50 bits per heavy atom. The third-order valence-corrected chi connectivity index (χ3v) is 2.02. The van der Waals surface area contributed by atoms with Gasteiger partial charge in [-0.05, 0) is 19.1 Å².